The van der Waals surface area contributed by atoms with Crippen LogP contribution < -0.4 is 5.43 Å². The second-order valence-electron chi connectivity index (χ2n) is 5.35. The zero-order chi connectivity index (χ0) is 18.0. The summed E-state index contributed by atoms with van der Waals surface area (Å²) in [6, 6.07) is 10.5. The maximum Gasteiger partial charge on any atom is 0.260 e. The van der Waals surface area contributed by atoms with Gasteiger partial charge in [-0.05, 0) is 31.2 Å². The molecule has 128 valence electrons. The Kier molecular flexibility index (Phi) is 4.92. The molecule has 0 aliphatic carbocycles. The van der Waals surface area contributed by atoms with E-state index >= 15 is 0 Å². The first-order valence-corrected chi connectivity index (χ1v) is 8.13. The topological polar surface area (TPSA) is 79.5 Å². The summed E-state index contributed by atoms with van der Waals surface area (Å²) in [7, 11) is 0. The van der Waals surface area contributed by atoms with Crippen molar-refractivity contribution in [1.82, 2.24) is 15.0 Å². The van der Waals surface area contributed by atoms with Gasteiger partial charge in [0, 0.05) is 10.6 Å². The van der Waals surface area contributed by atoms with E-state index in [2.05, 4.69) is 15.5 Å². The molecule has 0 saturated heterocycles. The molecule has 25 heavy (non-hydrogen) atoms. The first-order valence-electron chi connectivity index (χ1n) is 7.37. The number of carbonyl (C=O) groups is 1. The smallest absolute Gasteiger partial charge is 0.260 e. The van der Waals surface area contributed by atoms with E-state index in [1.54, 1.807) is 4.57 Å². The van der Waals surface area contributed by atoms with Gasteiger partial charge in [-0.25, -0.2) is 10.4 Å². The van der Waals surface area contributed by atoms with Crippen LogP contribution in [0.4, 0.5) is 0 Å². The summed E-state index contributed by atoms with van der Waals surface area (Å²) in [5, 5.41) is 14.2. The highest BCUT2D eigenvalue weighted by atomic mass is 35.5. The summed E-state index contributed by atoms with van der Waals surface area (Å²) in [6.07, 6.45) is 1.28. The van der Waals surface area contributed by atoms with Gasteiger partial charge in [0.25, 0.3) is 5.91 Å². The molecule has 0 bridgehead atoms. The number of aryl methyl sites for hydroxylation is 1. The van der Waals surface area contributed by atoms with E-state index in [9.17, 15) is 9.90 Å². The molecule has 0 saturated carbocycles. The molecule has 0 fully saturated rings. The lowest BCUT2D eigenvalue weighted by Crippen LogP contribution is -2.23. The van der Waals surface area contributed by atoms with Gasteiger partial charge in [0.05, 0.1) is 22.3 Å². The number of nitrogens with zero attached hydrogens (tertiary/aromatic N) is 3. The molecule has 0 aliphatic rings. The zero-order valence-corrected chi connectivity index (χ0v) is 14.7. The summed E-state index contributed by atoms with van der Waals surface area (Å²) in [5.41, 5.74) is 4.42. The van der Waals surface area contributed by atoms with Gasteiger partial charge in [0.1, 0.15) is 18.1 Å². The highest BCUT2D eigenvalue weighted by molar-refractivity contribution is 6.36. The standard InChI is InChI=1S/C17H14Cl2N4O2/c1-10-21-14-4-2-3-5-15(14)23(10)9-16(24)22-20-8-11-6-12(18)7-13(19)17(11)25/h2-8,25H,9H2,1H3,(H,22,24)/b20-8+. The lowest BCUT2D eigenvalue weighted by atomic mass is 10.2. The van der Waals surface area contributed by atoms with Crippen molar-refractivity contribution >= 4 is 46.4 Å². The third-order valence-corrected chi connectivity index (χ3v) is 4.10. The number of para-hydroxylation sites is 2. The Labute approximate surface area is 153 Å². The fourth-order valence-electron chi connectivity index (χ4n) is 2.43. The van der Waals surface area contributed by atoms with E-state index in [0.717, 1.165) is 16.9 Å². The molecular formula is C17H14Cl2N4O2. The van der Waals surface area contributed by atoms with E-state index in [4.69, 9.17) is 23.2 Å². The molecule has 8 heteroatoms. The van der Waals surface area contributed by atoms with Crippen molar-refractivity contribution in [3.8, 4) is 5.75 Å². The van der Waals surface area contributed by atoms with Crippen molar-refractivity contribution < 1.29 is 9.90 Å². The van der Waals surface area contributed by atoms with Crippen molar-refractivity contribution in [3.05, 3.63) is 57.8 Å². The van der Waals surface area contributed by atoms with Gasteiger partial charge >= 0.3 is 0 Å². The number of phenolic OH excluding ortho intramolecular Hbond substituents is 1. The number of nitrogens with one attached hydrogen (secondary N) is 1. The van der Waals surface area contributed by atoms with Crippen LogP contribution in [0.2, 0.25) is 10.0 Å². The van der Waals surface area contributed by atoms with Crippen LogP contribution in [0.15, 0.2) is 41.5 Å². The molecule has 3 rings (SSSR count). The van der Waals surface area contributed by atoms with Crippen LogP contribution in [-0.2, 0) is 11.3 Å². The third-order valence-electron chi connectivity index (χ3n) is 3.60. The Bertz CT molecular complexity index is 982. The Morgan fingerprint density at radius 3 is 2.92 bits per heavy atom. The molecule has 0 radical (unpaired) electrons. The van der Waals surface area contributed by atoms with Gasteiger partial charge in [-0.3, -0.25) is 4.79 Å². The molecule has 0 spiro atoms. The minimum Gasteiger partial charge on any atom is -0.506 e. The number of hydrogen-bond acceptors (Lipinski definition) is 4. The van der Waals surface area contributed by atoms with E-state index in [1.165, 1.54) is 18.3 Å². The van der Waals surface area contributed by atoms with Gasteiger partial charge in [-0.1, -0.05) is 35.3 Å². The quantitative estimate of drug-likeness (QED) is 0.540. The maximum absolute atomic E-state index is 12.1. The number of amides is 1. The average Bonchev–Trinajstić information content (AvgIpc) is 2.88. The van der Waals surface area contributed by atoms with E-state index in [0.29, 0.717) is 10.6 Å². The fraction of sp³-hybridized carbons (Fsp3) is 0.118. The lowest BCUT2D eigenvalue weighted by Gasteiger charge is -2.06. The number of halogens is 2. The summed E-state index contributed by atoms with van der Waals surface area (Å²) < 4.78 is 1.80. The number of carbonyl (C=O) groups excluding carboxylic acids is 1. The van der Waals surface area contributed by atoms with Crippen LogP contribution >= 0.6 is 23.2 Å². The molecule has 2 N–H and O–H groups in total. The van der Waals surface area contributed by atoms with Crippen molar-refractivity contribution in [1.29, 1.82) is 0 Å². The molecule has 6 nitrogen and oxygen atoms in total. The van der Waals surface area contributed by atoms with Gasteiger partial charge in [-0.15, -0.1) is 0 Å². The van der Waals surface area contributed by atoms with Crippen LogP contribution in [0.5, 0.6) is 5.75 Å². The van der Waals surface area contributed by atoms with Crippen LogP contribution in [-0.4, -0.2) is 26.8 Å². The zero-order valence-electron chi connectivity index (χ0n) is 13.2. The minimum atomic E-state index is -0.324. The van der Waals surface area contributed by atoms with E-state index in [1.807, 2.05) is 31.2 Å². The van der Waals surface area contributed by atoms with Crippen LogP contribution in [0.3, 0.4) is 0 Å². The van der Waals surface area contributed by atoms with Gasteiger partial charge < -0.3 is 9.67 Å². The molecular weight excluding hydrogens is 363 g/mol. The lowest BCUT2D eigenvalue weighted by molar-refractivity contribution is -0.121. The number of aromatic hydroxyl groups is 1. The minimum absolute atomic E-state index is 0.0754. The number of rotatable bonds is 4. The Balaban J connectivity index is 1.72. The number of phenols is 1. The monoisotopic (exact) mass is 376 g/mol. The Morgan fingerprint density at radius 1 is 1.36 bits per heavy atom. The fourth-order valence-corrected chi connectivity index (χ4v) is 2.94. The highest BCUT2D eigenvalue weighted by Gasteiger charge is 2.10. The summed E-state index contributed by atoms with van der Waals surface area (Å²) in [5.74, 6) is 0.259. The normalized spacial score (nSPS) is 11.3. The number of imidazole rings is 1. The molecule has 1 aromatic heterocycles. The molecule has 0 aliphatic heterocycles. The van der Waals surface area contributed by atoms with Crippen LogP contribution in [0.25, 0.3) is 11.0 Å². The van der Waals surface area contributed by atoms with Gasteiger partial charge in [0.2, 0.25) is 0 Å². The molecule has 2 aromatic carbocycles. The first-order chi connectivity index (χ1) is 12.0. The number of fused-ring (bicyclic) bond motifs is 1. The largest absolute Gasteiger partial charge is 0.506 e. The van der Waals surface area contributed by atoms with Crippen molar-refractivity contribution in [2.45, 2.75) is 13.5 Å². The van der Waals surface area contributed by atoms with E-state index in [-0.39, 0.29) is 23.2 Å². The summed E-state index contributed by atoms with van der Waals surface area (Å²) >= 11 is 11.7. The van der Waals surface area contributed by atoms with E-state index < -0.39 is 0 Å². The van der Waals surface area contributed by atoms with Crippen molar-refractivity contribution in [2.75, 3.05) is 0 Å². The first kappa shape index (κ1) is 17.3. The summed E-state index contributed by atoms with van der Waals surface area (Å²) in [6.45, 7) is 1.91. The summed E-state index contributed by atoms with van der Waals surface area (Å²) in [4.78, 5) is 16.5. The number of hydrazone groups is 1. The SMILES string of the molecule is Cc1nc2ccccc2n1CC(=O)N/N=C/c1cc(Cl)cc(Cl)c1O. The second-order valence-corrected chi connectivity index (χ2v) is 6.20. The Morgan fingerprint density at radius 2 is 2.12 bits per heavy atom. The predicted octanol–water partition coefficient (Wildman–Crippen LogP) is 3.51. The second kappa shape index (κ2) is 7.13. The van der Waals surface area contributed by atoms with Gasteiger partial charge in [0.15, 0.2) is 0 Å². The highest BCUT2D eigenvalue weighted by Crippen LogP contribution is 2.29. The van der Waals surface area contributed by atoms with Gasteiger partial charge in [-0.2, -0.15) is 5.10 Å². The molecule has 3 aromatic rings. The molecule has 0 unspecified atom stereocenters. The molecule has 1 amide bonds. The predicted molar refractivity (Wildman–Crippen MR) is 98.3 cm³/mol. The average molecular weight is 377 g/mol. The van der Waals surface area contributed by atoms with Crippen LogP contribution in [0.1, 0.15) is 11.4 Å². The van der Waals surface area contributed by atoms with Crippen LogP contribution in [0, 0.1) is 6.92 Å². The molecule has 0 atom stereocenters. The number of hydrogen-bond donors (Lipinski definition) is 2. The molecule has 1 heterocycles. The maximum atomic E-state index is 12.1. The Hall–Kier alpha value is -2.57. The number of aromatic nitrogens is 2. The van der Waals surface area contributed by atoms with Crippen molar-refractivity contribution in [2.24, 2.45) is 5.10 Å². The number of benzene rings is 2. The van der Waals surface area contributed by atoms with Crippen molar-refractivity contribution in [3.63, 3.8) is 0 Å². The third kappa shape index (κ3) is 3.75.